The zero-order valence-corrected chi connectivity index (χ0v) is 9.31. The molecular formula is C10H13N3OS. The highest BCUT2D eigenvalue weighted by atomic mass is 32.1. The predicted octanol–water partition coefficient (Wildman–Crippen LogP) is 1.64. The molecule has 0 aromatic carbocycles. The maximum absolute atomic E-state index is 9.85. The first-order valence-corrected chi connectivity index (χ1v) is 5.81. The van der Waals surface area contributed by atoms with E-state index in [0.29, 0.717) is 6.42 Å². The molecule has 0 aliphatic rings. The van der Waals surface area contributed by atoms with E-state index in [1.807, 2.05) is 23.2 Å². The number of aryl methyl sites for hydroxylation is 1. The van der Waals surface area contributed by atoms with E-state index in [1.54, 1.807) is 11.7 Å². The minimum absolute atomic E-state index is 0.522. The van der Waals surface area contributed by atoms with Crippen molar-refractivity contribution in [1.29, 1.82) is 0 Å². The number of nitrogens with zero attached hydrogens (tertiary/aromatic N) is 3. The second-order valence-electron chi connectivity index (χ2n) is 3.34. The third-order valence-electron chi connectivity index (χ3n) is 2.23. The molecule has 2 heterocycles. The smallest absolute Gasteiger partial charge is 0.101 e. The average molecular weight is 223 g/mol. The van der Waals surface area contributed by atoms with Gasteiger partial charge in [-0.2, -0.15) is 5.10 Å². The van der Waals surface area contributed by atoms with Crippen LogP contribution >= 0.6 is 11.3 Å². The Bertz CT molecular complexity index is 410. The summed E-state index contributed by atoms with van der Waals surface area (Å²) in [7, 11) is 0. The molecule has 2 aromatic heterocycles. The number of hydrogen-bond acceptors (Lipinski definition) is 4. The lowest BCUT2D eigenvalue weighted by molar-refractivity contribution is 0.174. The number of aromatic nitrogens is 3. The van der Waals surface area contributed by atoms with E-state index in [9.17, 15) is 5.11 Å². The van der Waals surface area contributed by atoms with Crippen molar-refractivity contribution in [3.05, 3.63) is 34.5 Å². The summed E-state index contributed by atoms with van der Waals surface area (Å²) < 4.78 is 1.85. The van der Waals surface area contributed by atoms with E-state index in [2.05, 4.69) is 10.1 Å². The highest BCUT2D eigenvalue weighted by Gasteiger charge is 2.11. The van der Waals surface area contributed by atoms with Gasteiger partial charge in [-0.25, -0.2) is 4.98 Å². The lowest BCUT2D eigenvalue weighted by atomic mass is 10.1. The van der Waals surface area contributed by atoms with E-state index in [1.165, 1.54) is 11.3 Å². The quantitative estimate of drug-likeness (QED) is 0.857. The second-order valence-corrected chi connectivity index (χ2v) is 4.06. The molecule has 0 aliphatic heterocycles. The molecule has 1 N–H and O–H groups in total. The summed E-state index contributed by atoms with van der Waals surface area (Å²) in [6, 6.07) is 0. The van der Waals surface area contributed by atoms with Crippen LogP contribution in [0, 0.1) is 0 Å². The van der Waals surface area contributed by atoms with Gasteiger partial charge in [0.1, 0.15) is 6.10 Å². The van der Waals surface area contributed by atoms with Gasteiger partial charge in [0.05, 0.1) is 17.4 Å². The van der Waals surface area contributed by atoms with Crippen LogP contribution in [-0.2, 0) is 13.0 Å². The van der Waals surface area contributed by atoms with Crippen LogP contribution in [0.5, 0.6) is 0 Å². The normalized spacial score (nSPS) is 12.9. The molecule has 0 fully saturated rings. The maximum Gasteiger partial charge on any atom is 0.101 e. The zero-order chi connectivity index (χ0) is 10.7. The largest absolute Gasteiger partial charge is 0.386 e. The average Bonchev–Trinajstić information content (AvgIpc) is 2.87. The number of rotatable bonds is 4. The predicted molar refractivity (Wildman–Crippen MR) is 58.7 cm³/mol. The Morgan fingerprint density at radius 1 is 1.60 bits per heavy atom. The first kappa shape index (κ1) is 10.3. The van der Waals surface area contributed by atoms with Crippen LogP contribution in [0.2, 0.25) is 0 Å². The van der Waals surface area contributed by atoms with Gasteiger partial charge in [-0.1, -0.05) is 0 Å². The minimum atomic E-state index is -0.522. The first-order valence-electron chi connectivity index (χ1n) is 4.87. The molecule has 15 heavy (non-hydrogen) atoms. The Labute approximate surface area is 92.2 Å². The van der Waals surface area contributed by atoms with E-state index < -0.39 is 6.10 Å². The van der Waals surface area contributed by atoms with Crippen LogP contribution in [0.4, 0.5) is 0 Å². The number of aliphatic hydroxyl groups is 1. The molecule has 2 aromatic rings. The molecule has 0 saturated carbocycles. The van der Waals surface area contributed by atoms with Crippen molar-refractivity contribution in [2.45, 2.75) is 26.0 Å². The summed E-state index contributed by atoms with van der Waals surface area (Å²) in [5.74, 6) is 0. The second kappa shape index (κ2) is 4.55. The van der Waals surface area contributed by atoms with Crippen molar-refractivity contribution in [3.8, 4) is 0 Å². The summed E-state index contributed by atoms with van der Waals surface area (Å²) in [5.41, 5.74) is 3.51. The van der Waals surface area contributed by atoms with Crippen LogP contribution in [0.15, 0.2) is 23.3 Å². The van der Waals surface area contributed by atoms with Crippen molar-refractivity contribution in [1.82, 2.24) is 14.8 Å². The van der Waals surface area contributed by atoms with Crippen molar-refractivity contribution < 1.29 is 5.11 Å². The van der Waals surface area contributed by atoms with Crippen LogP contribution in [-0.4, -0.2) is 19.9 Å². The van der Waals surface area contributed by atoms with Crippen LogP contribution in [0.3, 0.4) is 0 Å². The number of aliphatic hydroxyl groups excluding tert-OH is 1. The molecule has 1 unspecified atom stereocenters. The minimum Gasteiger partial charge on any atom is -0.386 e. The summed E-state index contributed by atoms with van der Waals surface area (Å²) >= 11 is 1.50. The highest BCUT2D eigenvalue weighted by molar-refractivity contribution is 7.07. The monoisotopic (exact) mass is 223 g/mol. The standard InChI is InChI=1S/C10H13N3OS/c1-2-13-5-8(4-12-13)3-10(14)9-6-15-7-11-9/h4-7,10,14H,2-3H2,1H3. The van der Waals surface area contributed by atoms with Gasteiger partial charge in [0, 0.05) is 24.5 Å². The van der Waals surface area contributed by atoms with Gasteiger partial charge in [-0.15, -0.1) is 11.3 Å². The number of hydrogen-bond donors (Lipinski definition) is 1. The molecule has 0 saturated heterocycles. The lowest BCUT2D eigenvalue weighted by Gasteiger charge is -2.04. The van der Waals surface area contributed by atoms with Gasteiger partial charge < -0.3 is 5.11 Å². The molecule has 4 nitrogen and oxygen atoms in total. The van der Waals surface area contributed by atoms with Gasteiger partial charge in [0.2, 0.25) is 0 Å². The number of thiazole rings is 1. The summed E-state index contributed by atoms with van der Waals surface area (Å²) in [5, 5.41) is 15.9. The Morgan fingerprint density at radius 2 is 2.47 bits per heavy atom. The topological polar surface area (TPSA) is 50.9 Å². The van der Waals surface area contributed by atoms with Crippen LogP contribution < -0.4 is 0 Å². The van der Waals surface area contributed by atoms with Crippen LogP contribution in [0.1, 0.15) is 24.3 Å². The molecule has 80 valence electrons. The van der Waals surface area contributed by atoms with Crippen molar-refractivity contribution in [2.75, 3.05) is 0 Å². The van der Waals surface area contributed by atoms with E-state index >= 15 is 0 Å². The molecule has 5 heteroatoms. The fraction of sp³-hybridized carbons (Fsp3) is 0.400. The Kier molecular flexibility index (Phi) is 3.13. The third-order valence-corrected chi connectivity index (χ3v) is 2.84. The molecular weight excluding hydrogens is 210 g/mol. The Balaban J connectivity index is 2.02. The molecule has 0 radical (unpaired) electrons. The van der Waals surface area contributed by atoms with Crippen LogP contribution in [0.25, 0.3) is 0 Å². The molecule has 2 rings (SSSR count). The van der Waals surface area contributed by atoms with Crippen molar-refractivity contribution >= 4 is 11.3 Å². The van der Waals surface area contributed by atoms with Crippen molar-refractivity contribution in [3.63, 3.8) is 0 Å². The van der Waals surface area contributed by atoms with E-state index in [4.69, 9.17) is 0 Å². The van der Waals surface area contributed by atoms with E-state index in [0.717, 1.165) is 17.8 Å². The highest BCUT2D eigenvalue weighted by Crippen LogP contribution is 2.17. The molecule has 1 atom stereocenters. The zero-order valence-electron chi connectivity index (χ0n) is 8.50. The maximum atomic E-state index is 9.85. The van der Waals surface area contributed by atoms with Gasteiger partial charge >= 0.3 is 0 Å². The molecule has 0 bridgehead atoms. The Hall–Kier alpha value is -1.20. The van der Waals surface area contributed by atoms with Crippen molar-refractivity contribution in [2.24, 2.45) is 0 Å². The van der Waals surface area contributed by atoms with E-state index in [-0.39, 0.29) is 0 Å². The summed E-state index contributed by atoms with van der Waals surface area (Å²) in [6.07, 6.45) is 3.80. The van der Waals surface area contributed by atoms with Gasteiger partial charge in [0.15, 0.2) is 0 Å². The molecule has 0 aliphatic carbocycles. The fourth-order valence-electron chi connectivity index (χ4n) is 1.40. The summed E-state index contributed by atoms with van der Waals surface area (Å²) in [4.78, 5) is 4.08. The summed E-state index contributed by atoms with van der Waals surface area (Å²) in [6.45, 7) is 2.89. The first-order chi connectivity index (χ1) is 7.29. The molecule has 0 amide bonds. The lowest BCUT2D eigenvalue weighted by Crippen LogP contribution is -2.01. The molecule has 0 spiro atoms. The van der Waals surface area contributed by atoms with Gasteiger partial charge in [-0.05, 0) is 12.5 Å². The SMILES string of the molecule is CCn1cc(CC(O)c2cscn2)cn1. The Morgan fingerprint density at radius 3 is 3.07 bits per heavy atom. The fourth-order valence-corrected chi connectivity index (χ4v) is 2.00. The van der Waals surface area contributed by atoms with Gasteiger partial charge in [0.25, 0.3) is 0 Å². The van der Waals surface area contributed by atoms with Gasteiger partial charge in [-0.3, -0.25) is 4.68 Å². The third kappa shape index (κ3) is 2.43.